The van der Waals surface area contributed by atoms with Crippen LogP contribution in [0.3, 0.4) is 0 Å². The number of sulfonamides is 1. The highest BCUT2D eigenvalue weighted by Gasteiger charge is 2.37. The molecule has 144 valence electrons. The van der Waals surface area contributed by atoms with E-state index in [1.807, 2.05) is 0 Å². The maximum absolute atomic E-state index is 12.3. The Morgan fingerprint density at radius 3 is 2.89 bits per heavy atom. The lowest BCUT2D eigenvalue weighted by atomic mass is 10.1. The summed E-state index contributed by atoms with van der Waals surface area (Å²) in [5.41, 5.74) is 0.554. The Balaban J connectivity index is 1.64. The molecule has 0 aliphatic carbocycles. The summed E-state index contributed by atoms with van der Waals surface area (Å²) in [5.74, 6) is 0.599. The van der Waals surface area contributed by atoms with Crippen LogP contribution in [0, 0.1) is 0 Å². The van der Waals surface area contributed by atoms with Gasteiger partial charge in [0.2, 0.25) is 10.0 Å². The van der Waals surface area contributed by atoms with Crippen LogP contribution in [0.4, 0.5) is 19.0 Å². The summed E-state index contributed by atoms with van der Waals surface area (Å²) in [6, 6.07) is 1.80. The lowest BCUT2D eigenvalue weighted by molar-refractivity contribution is -0.121. The molecule has 8 nitrogen and oxygen atoms in total. The molecule has 0 radical (unpaired) electrons. The Kier molecular flexibility index (Phi) is 4.18. The molecule has 0 bridgehead atoms. The first-order valence-corrected chi connectivity index (χ1v) is 9.66. The third-order valence-electron chi connectivity index (χ3n) is 4.55. The topological polar surface area (TPSA) is 104 Å². The second-order valence-electron chi connectivity index (χ2n) is 6.33. The van der Waals surface area contributed by atoms with Gasteiger partial charge in [-0.25, -0.2) is 23.1 Å². The van der Waals surface area contributed by atoms with E-state index < -0.39 is 28.0 Å². The predicted octanol–water partition coefficient (Wildman–Crippen LogP) is 1.57. The first kappa shape index (κ1) is 17.9. The Hall–Kier alpha value is -2.47. The summed E-state index contributed by atoms with van der Waals surface area (Å²) in [7, 11) is -4.09. The van der Waals surface area contributed by atoms with Gasteiger partial charge < -0.3 is 4.90 Å². The van der Waals surface area contributed by atoms with Crippen molar-refractivity contribution < 1.29 is 21.6 Å². The fourth-order valence-electron chi connectivity index (χ4n) is 3.27. The fourth-order valence-corrected chi connectivity index (χ4v) is 4.66. The second-order valence-corrected chi connectivity index (χ2v) is 8.37. The number of aromatic nitrogens is 4. The Morgan fingerprint density at radius 2 is 2.11 bits per heavy atom. The molecule has 2 N–H and O–H groups in total. The quantitative estimate of drug-likeness (QED) is 0.689. The van der Waals surface area contributed by atoms with Gasteiger partial charge in [0.1, 0.15) is 12.4 Å². The van der Waals surface area contributed by atoms with E-state index in [4.69, 9.17) is 0 Å². The lowest BCUT2D eigenvalue weighted by Gasteiger charge is -2.20. The maximum atomic E-state index is 12.3. The van der Waals surface area contributed by atoms with Gasteiger partial charge in [0.05, 0.1) is 11.4 Å². The van der Waals surface area contributed by atoms with Crippen LogP contribution in [0.15, 0.2) is 24.7 Å². The minimum absolute atomic E-state index is 0.0580. The van der Waals surface area contributed by atoms with Crippen LogP contribution in [0.25, 0.3) is 21.8 Å². The van der Waals surface area contributed by atoms with Gasteiger partial charge in [0.25, 0.3) is 0 Å². The number of nitrogens with one attached hydrogen (secondary N) is 2. The summed E-state index contributed by atoms with van der Waals surface area (Å²) in [6.45, 7) is -1.14. The van der Waals surface area contributed by atoms with E-state index in [-0.39, 0.29) is 13.0 Å². The second kappa shape index (κ2) is 6.30. The normalized spacial score (nSPS) is 18.6. The van der Waals surface area contributed by atoms with E-state index >= 15 is 0 Å². The summed E-state index contributed by atoms with van der Waals surface area (Å²) in [5, 5.41) is 8.36. The van der Waals surface area contributed by atoms with Crippen molar-refractivity contribution in [2.24, 2.45) is 0 Å². The third kappa shape index (κ3) is 3.41. The Morgan fingerprint density at radius 1 is 1.30 bits per heavy atom. The van der Waals surface area contributed by atoms with Crippen molar-refractivity contribution in [3.63, 3.8) is 0 Å². The number of hydrogen-bond acceptors (Lipinski definition) is 6. The largest absolute Gasteiger partial charge is 0.402 e. The summed E-state index contributed by atoms with van der Waals surface area (Å²) in [6.07, 6.45) is 0.476. The van der Waals surface area contributed by atoms with Crippen molar-refractivity contribution in [2.75, 3.05) is 24.5 Å². The highest BCUT2D eigenvalue weighted by Crippen LogP contribution is 2.32. The van der Waals surface area contributed by atoms with Gasteiger partial charge in [0.15, 0.2) is 5.65 Å². The van der Waals surface area contributed by atoms with Crippen molar-refractivity contribution in [3.8, 4) is 0 Å². The number of fused-ring (bicyclic) bond motifs is 3. The molecule has 4 rings (SSSR count). The monoisotopic (exact) mass is 400 g/mol. The lowest BCUT2D eigenvalue weighted by Crippen LogP contribution is -2.41. The van der Waals surface area contributed by atoms with E-state index in [1.54, 1.807) is 34.3 Å². The first-order chi connectivity index (χ1) is 12.7. The number of nitrogens with zero attached hydrogens (tertiary/aromatic N) is 4. The zero-order valence-electron chi connectivity index (χ0n) is 13.9. The molecular weight excluding hydrogens is 385 g/mol. The molecule has 0 aromatic carbocycles. The molecule has 27 heavy (non-hydrogen) atoms. The molecule has 0 amide bonds. The van der Waals surface area contributed by atoms with Gasteiger partial charge in [-0.15, -0.1) is 0 Å². The highest BCUT2D eigenvalue weighted by atomic mass is 32.2. The van der Waals surface area contributed by atoms with Gasteiger partial charge in [-0.2, -0.15) is 18.3 Å². The Bertz CT molecular complexity index is 1100. The molecule has 3 aromatic heterocycles. The minimum Gasteiger partial charge on any atom is -0.355 e. The van der Waals surface area contributed by atoms with E-state index in [9.17, 15) is 21.6 Å². The van der Waals surface area contributed by atoms with Crippen LogP contribution in [-0.4, -0.2) is 59.6 Å². The molecule has 0 saturated carbocycles. The SMILES string of the molecule is O=S(=O)(NCC(F)(F)F)C1CCN(c2[nH]ncc3cnc4nccc4c23)C1. The van der Waals surface area contributed by atoms with Gasteiger partial charge >= 0.3 is 6.18 Å². The summed E-state index contributed by atoms with van der Waals surface area (Å²) >= 11 is 0. The van der Waals surface area contributed by atoms with E-state index in [2.05, 4.69) is 20.2 Å². The molecule has 4 heterocycles. The van der Waals surface area contributed by atoms with Crippen LogP contribution in [-0.2, 0) is 10.0 Å². The van der Waals surface area contributed by atoms with Gasteiger partial charge in [-0.05, 0) is 12.5 Å². The average molecular weight is 400 g/mol. The summed E-state index contributed by atoms with van der Waals surface area (Å²) < 4.78 is 63.1. The van der Waals surface area contributed by atoms with E-state index in [0.717, 1.165) is 16.2 Å². The number of H-pyrrole nitrogens is 1. The third-order valence-corrected chi connectivity index (χ3v) is 6.36. The zero-order valence-corrected chi connectivity index (χ0v) is 14.7. The van der Waals surface area contributed by atoms with E-state index in [0.29, 0.717) is 18.0 Å². The molecule has 1 aliphatic heterocycles. The van der Waals surface area contributed by atoms with Crippen molar-refractivity contribution in [3.05, 3.63) is 24.7 Å². The van der Waals surface area contributed by atoms with Crippen LogP contribution < -0.4 is 9.62 Å². The first-order valence-electron chi connectivity index (χ1n) is 8.11. The van der Waals surface area contributed by atoms with Crippen LogP contribution >= 0.6 is 0 Å². The predicted molar refractivity (Wildman–Crippen MR) is 92.8 cm³/mol. The standard InChI is InChI=1S/C15H15F3N6O2S/c16-15(17,18)8-22-27(25,26)10-2-4-24(7-10)14-12-9(6-21-23-14)5-20-13-11(12)1-3-19-13/h1,3,5-6,10,22-23H,2,4,7-8H2. The molecule has 12 heteroatoms. The number of alkyl halides is 3. The average Bonchev–Trinajstić information content (AvgIpc) is 3.28. The van der Waals surface area contributed by atoms with Crippen molar-refractivity contribution in [1.82, 2.24) is 24.9 Å². The van der Waals surface area contributed by atoms with Crippen molar-refractivity contribution >= 4 is 37.6 Å². The molecule has 1 aliphatic rings. The van der Waals surface area contributed by atoms with Crippen LogP contribution in [0.2, 0.25) is 0 Å². The zero-order chi connectivity index (χ0) is 19.2. The smallest absolute Gasteiger partial charge is 0.355 e. The number of rotatable bonds is 4. The molecule has 1 unspecified atom stereocenters. The van der Waals surface area contributed by atoms with Gasteiger partial charge in [0, 0.05) is 41.6 Å². The number of hydrogen-bond donors (Lipinski definition) is 2. The van der Waals surface area contributed by atoms with Crippen LogP contribution in [0.5, 0.6) is 0 Å². The minimum atomic E-state index is -4.60. The van der Waals surface area contributed by atoms with E-state index in [1.165, 1.54) is 0 Å². The molecular formula is C15H15F3N6O2S. The highest BCUT2D eigenvalue weighted by molar-refractivity contribution is 7.90. The molecule has 1 atom stereocenters. The van der Waals surface area contributed by atoms with Crippen molar-refractivity contribution in [2.45, 2.75) is 17.8 Å². The fraction of sp³-hybridized carbons (Fsp3) is 0.400. The number of halogens is 3. The number of aromatic amines is 1. The van der Waals surface area contributed by atoms with Gasteiger partial charge in [-0.3, -0.25) is 5.10 Å². The van der Waals surface area contributed by atoms with Crippen LogP contribution in [0.1, 0.15) is 6.42 Å². The van der Waals surface area contributed by atoms with Gasteiger partial charge in [-0.1, -0.05) is 0 Å². The molecule has 1 fully saturated rings. The van der Waals surface area contributed by atoms with Crippen molar-refractivity contribution in [1.29, 1.82) is 0 Å². The molecule has 1 saturated heterocycles. The molecule has 0 spiro atoms. The molecule has 3 aromatic rings. The number of anilines is 1. The summed E-state index contributed by atoms with van der Waals surface area (Å²) in [4.78, 5) is 10.2. The number of pyridine rings is 1. The maximum Gasteiger partial charge on any atom is 0.402 e. The Labute approximate surface area is 151 Å².